The van der Waals surface area contributed by atoms with Crippen LogP contribution in [0.5, 0.6) is 5.75 Å². The zero-order valence-electron chi connectivity index (χ0n) is 17.1. The molecule has 2 N–H and O–H groups in total. The Bertz CT molecular complexity index is 868. The predicted octanol–water partition coefficient (Wildman–Crippen LogP) is 2.26. The molecule has 0 aliphatic carbocycles. The molecule has 3 amide bonds. The summed E-state index contributed by atoms with van der Waals surface area (Å²) in [6, 6.07) is 16.6. The predicted molar refractivity (Wildman–Crippen MR) is 114 cm³/mol. The molecule has 7 heteroatoms. The van der Waals surface area contributed by atoms with Gasteiger partial charge in [-0.3, -0.25) is 14.4 Å². The molecular weight excluding hydrogens is 382 g/mol. The van der Waals surface area contributed by atoms with Crippen LogP contribution < -0.4 is 20.3 Å². The summed E-state index contributed by atoms with van der Waals surface area (Å²) in [5.41, 5.74) is 1.74. The van der Waals surface area contributed by atoms with E-state index >= 15 is 0 Å². The monoisotopic (exact) mass is 409 g/mol. The van der Waals surface area contributed by atoms with Crippen molar-refractivity contribution in [1.82, 2.24) is 10.6 Å². The van der Waals surface area contributed by atoms with Crippen LogP contribution in [0.3, 0.4) is 0 Å². The van der Waals surface area contributed by atoms with Crippen LogP contribution >= 0.6 is 0 Å². The van der Waals surface area contributed by atoms with Crippen LogP contribution in [0, 0.1) is 5.92 Å². The lowest BCUT2D eigenvalue weighted by Gasteiger charge is -2.17. The van der Waals surface area contributed by atoms with E-state index in [2.05, 4.69) is 10.6 Å². The molecule has 30 heavy (non-hydrogen) atoms. The molecule has 2 aromatic carbocycles. The zero-order valence-corrected chi connectivity index (χ0v) is 17.1. The number of hydrogen-bond donors (Lipinski definition) is 2. The minimum Gasteiger partial charge on any atom is -0.484 e. The lowest BCUT2D eigenvalue weighted by atomic mass is 10.1. The minimum atomic E-state index is -0.326. The lowest BCUT2D eigenvalue weighted by Crippen LogP contribution is -2.33. The maximum atomic E-state index is 12.3. The second-order valence-electron chi connectivity index (χ2n) is 7.24. The first-order valence-electron chi connectivity index (χ1n) is 10.2. The van der Waals surface area contributed by atoms with Gasteiger partial charge < -0.3 is 20.3 Å². The van der Waals surface area contributed by atoms with Crippen LogP contribution in [-0.4, -0.2) is 37.4 Å². The van der Waals surface area contributed by atoms with Crippen LogP contribution in [0.4, 0.5) is 5.69 Å². The van der Waals surface area contributed by atoms with Gasteiger partial charge in [0.15, 0.2) is 6.61 Å². The van der Waals surface area contributed by atoms with Gasteiger partial charge in [-0.05, 0) is 36.2 Å². The standard InChI is InChI=1S/C23H27N3O4/c1-2-12-24-23(29)18-13-22(28)26(15-18)19-8-10-20(11-9-19)30-16-21(27)25-14-17-6-4-3-5-7-17/h3-11,18H,2,12-16H2,1H3,(H,24,29)(H,25,27). The Morgan fingerprint density at radius 2 is 1.80 bits per heavy atom. The maximum absolute atomic E-state index is 12.3. The SMILES string of the molecule is CCCNC(=O)C1CC(=O)N(c2ccc(OCC(=O)NCc3ccccc3)cc2)C1. The number of nitrogens with one attached hydrogen (secondary N) is 2. The lowest BCUT2D eigenvalue weighted by molar-refractivity contribution is -0.126. The normalized spacial score (nSPS) is 15.7. The van der Waals surface area contributed by atoms with Gasteiger partial charge in [-0.2, -0.15) is 0 Å². The maximum Gasteiger partial charge on any atom is 0.258 e. The fourth-order valence-corrected chi connectivity index (χ4v) is 3.24. The van der Waals surface area contributed by atoms with Crippen molar-refractivity contribution >= 4 is 23.4 Å². The van der Waals surface area contributed by atoms with Crippen molar-refractivity contribution in [3.05, 3.63) is 60.2 Å². The van der Waals surface area contributed by atoms with Gasteiger partial charge in [0, 0.05) is 31.7 Å². The summed E-state index contributed by atoms with van der Waals surface area (Å²) in [7, 11) is 0. The van der Waals surface area contributed by atoms with Gasteiger partial charge in [0.25, 0.3) is 5.91 Å². The molecule has 1 heterocycles. The Kier molecular flexibility index (Phi) is 7.43. The molecule has 1 unspecified atom stereocenters. The van der Waals surface area contributed by atoms with Crippen LogP contribution in [0.1, 0.15) is 25.3 Å². The molecule has 1 aliphatic rings. The molecule has 158 valence electrons. The highest BCUT2D eigenvalue weighted by Crippen LogP contribution is 2.27. The fourth-order valence-electron chi connectivity index (χ4n) is 3.24. The van der Waals surface area contributed by atoms with Crippen molar-refractivity contribution in [2.45, 2.75) is 26.3 Å². The van der Waals surface area contributed by atoms with E-state index in [4.69, 9.17) is 4.74 Å². The molecule has 1 fully saturated rings. The number of carbonyl (C=O) groups excluding carboxylic acids is 3. The molecule has 2 aromatic rings. The van der Waals surface area contributed by atoms with Gasteiger partial charge in [-0.15, -0.1) is 0 Å². The van der Waals surface area contributed by atoms with Gasteiger partial charge in [-0.1, -0.05) is 37.3 Å². The molecule has 0 saturated carbocycles. The van der Waals surface area contributed by atoms with Crippen molar-refractivity contribution in [1.29, 1.82) is 0 Å². The summed E-state index contributed by atoms with van der Waals surface area (Å²) >= 11 is 0. The molecule has 0 radical (unpaired) electrons. The van der Waals surface area contributed by atoms with E-state index in [0.717, 1.165) is 12.0 Å². The van der Waals surface area contributed by atoms with E-state index in [-0.39, 0.29) is 36.7 Å². The third-order valence-corrected chi connectivity index (χ3v) is 4.90. The highest BCUT2D eigenvalue weighted by Gasteiger charge is 2.34. The summed E-state index contributed by atoms with van der Waals surface area (Å²) in [5, 5.41) is 5.65. The van der Waals surface area contributed by atoms with Crippen LogP contribution in [0.2, 0.25) is 0 Å². The average molecular weight is 409 g/mol. The summed E-state index contributed by atoms with van der Waals surface area (Å²) in [4.78, 5) is 38.0. The average Bonchev–Trinajstić information content (AvgIpc) is 3.17. The largest absolute Gasteiger partial charge is 0.484 e. The molecule has 0 bridgehead atoms. The van der Waals surface area contributed by atoms with E-state index < -0.39 is 0 Å². The Labute approximate surface area is 176 Å². The number of hydrogen-bond acceptors (Lipinski definition) is 4. The first-order valence-corrected chi connectivity index (χ1v) is 10.2. The molecule has 7 nitrogen and oxygen atoms in total. The molecule has 1 saturated heterocycles. The van der Waals surface area contributed by atoms with Gasteiger partial charge in [0.2, 0.25) is 11.8 Å². The number of rotatable bonds is 9. The Morgan fingerprint density at radius 3 is 2.50 bits per heavy atom. The van der Waals surface area contributed by atoms with Crippen molar-refractivity contribution in [2.24, 2.45) is 5.92 Å². The number of nitrogens with zero attached hydrogens (tertiary/aromatic N) is 1. The molecular formula is C23H27N3O4. The van der Waals surface area contributed by atoms with Crippen LogP contribution in [0.25, 0.3) is 0 Å². The molecule has 0 aromatic heterocycles. The number of ether oxygens (including phenoxy) is 1. The smallest absolute Gasteiger partial charge is 0.258 e. The van der Waals surface area contributed by atoms with Crippen molar-refractivity contribution < 1.29 is 19.1 Å². The van der Waals surface area contributed by atoms with E-state index in [0.29, 0.717) is 31.1 Å². The van der Waals surface area contributed by atoms with E-state index in [1.165, 1.54) is 0 Å². The van der Waals surface area contributed by atoms with Gasteiger partial charge in [0.1, 0.15) is 5.75 Å². The Hall–Kier alpha value is -3.35. The zero-order chi connectivity index (χ0) is 21.3. The topological polar surface area (TPSA) is 87.7 Å². The fraction of sp³-hybridized carbons (Fsp3) is 0.348. The first-order chi connectivity index (χ1) is 14.6. The second-order valence-corrected chi connectivity index (χ2v) is 7.24. The number of amides is 3. The minimum absolute atomic E-state index is 0.0689. The molecule has 1 aliphatic heterocycles. The summed E-state index contributed by atoms with van der Waals surface area (Å²) in [6.45, 7) is 3.34. The van der Waals surface area contributed by atoms with Crippen molar-refractivity contribution in [3.63, 3.8) is 0 Å². The van der Waals surface area contributed by atoms with Crippen molar-refractivity contribution in [3.8, 4) is 5.75 Å². The second kappa shape index (κ2) is 10.4. The summed E-state index contributed by atoms with van der Waals surface area (Å²) < 4.78 is 5.52. The molecule has 3 rings (SSSR count). The Morgan fingerprint density at radius 1 is 1.07 bits per heavy atom. The summed E-state index contributed by atoms with van der Waals surface area (Å²) in [6.07, 6.45) is 1.08. The highest BCUT2D eigenvalue weighted by molar-refractivity contribution is 6.00. The number of anilines is 1. The van der Waals surface area contributed by atoms with E-state index in [1.807, 2.05) is 37.3 Å². The molecule has 1 atom stereocenters. The van der Waals surface area contributed by atoms with E-state index in [9.17, 15) is 14.4 Å². The quantitative estimate of drug-likeness (QED) is 0.665. The third-order valence-electron chi connectivity index (χ3n) is 4.90. The Balaban J connectivity index is 1.47. The molecule has 0 spiro atoms. The number of benzene rings is 2. The van der Waals surface area contributed by atoms with Gasteiger partial charge in [0.05, 0.1) is 5.92 Å². The first kappa shape index (κ1) is 21.4. The highest BCUT2D eigenvalue weighted by atomic mass is 16.5. The van der Waals surface area contributed by atoms with Crippen molar-refractivity contribution in [2.75, 3.05) is 24.6 Å². The third kappa shape index (κ3) is 5.83. The summed E-state index contributed by atoms with van der Waals surface area (Å²) in [5.74, 6) is -0.140. The van der Waals surface area contributed by atoms with E-state index in [1.54, 1.807) is 29.2 Å². The van der Waals surface area contributed by atoms with Crippen LogP contribution in [0.15, 0.2) is 54.6 Å². The van der Waals surface area contributed by atoms with Crippen LogP contribution in [-0.2, 0) is 20.9 Å². The van der Waals surface area contributed by atoms with Gasteiger partial charge >= 0.3 is 0 Å². The van der Waals surface area contributed by atoms with Gasteiger partial charge in [-0.25, -0.2) is 0 Å². The number of carbonyl (C=O) groups is 3.